The van der Waals surface area contributed by atoms with Gasteiger partial charge in [0.25, 0.3) is 0 Å². The number of carboxylic acid groups (broad SMARTS) is 1. The van der Waals surface area contributed by atoms with Crippen molar-refractivity contribution in [2.24, 2.45) is 0 Å². The number of rotatable bonds is 13. The first kappa shape index (κ1) is 22.7. The number of fused-ring (bicyclic) bond motifs is 1. The van der Waals surface area contributed by atoms with Crippen LogP contribution in [0, 0.1) is 0 Å². The van der Waals surface area contributed by atoms with Crippen molar-refractivity contribution in [1.29, 1.82) is 0 Å². The standard InChI is InChI=1S/C23H32N2O4/c1-3-5-7-9-21(26)16-11-12-19-18(13-16)17(15-24-19)14-20(23(28)29)25-22(27)10-8-6-4-2/h11-13,15,20,24H,3-10,14H2,1-2H3,(H,25,27)(H,28,29)/t20-/m0/s1. The Morgan fingerprint density at radius 2 is 1.72 bits per heavy atom. The van der Waals surface area contributed by atoms with Crippen molar-refractivity contribution in [2.45, 2.75) is 77.7 Å². The van der Waals surface area contributed by atoms with E-state index in [9.17, 15) is 19.5 Å². The molecule has 1 aromatic carbocycles. The molecule has 0 spiro atoms. The van der Waals surface area contributed by atoms with Gasteiger partial charge in [-0.2, -0.15) is 0 Å². The van der Waals surface area contributed by atoms with E-state index in [1.54, 1.807) is 12.3 Å². The van der Waals surface area contributed by atoms with Gasteiger partial charge in [-0.3, -0.25) is 9.59 Å². The summed E-state index contributed by atoms with van der Waals surface area (Å²) >= 11 is 0. The van der Waals surface area contributed by atoms with Crippen LogP contribution in [0.4, 0.5) is 0 Å². The maximum atomic E-state index is 12.4. The predicted octanol–water partition coefficient (Wildman–Crippen LogP) is 4.62. The second-order valence-electron chi connectivity index (χ2n) is 7.57. The molecule has 0 aliphatic rings. The van der Waals surface area contributed by atoms with Crippen LogP contribution in [0.15, 0.2) is 24.4 Å². The van der Waals surface area contributed by atoms with Crippen LogP contribution < -0.4 is 5.32 Å². The number of aromatic nitrogens is 1. The van der Waals surface area contributed by atoms with Crippen LogP contribution in [-0.4, -0.2) is 33.8 Å². The van der Waals surface area contributed by atoms with E-state index in [0.717, 1.165) is 55.0 Å². The Morgan fingerprint density at radius 3 is 2.38 bits per heavy atom. The molecular weight excluding hydrogens is 368 g/mol. The summed E-state index contributed by atoms with van der Waals surface area (Å²) < 4.78 is 0. The number of carbonyl (C=O) groups is 3. The highest BCUT2D eigenvalue weighted by atomic mass is 16.4. The molecule has 158 valence electrons. The van der Waals surface area contributed by atoms with E-state index in [1.165, 1.54) is 0 Å². The SMILES string of the molecule is CCCCCC(=O)N[C@@H](Cc1c[nH]c2ccc(C(=O)CCCCC)cc12)C(=O)O. The van der Waals surface area contributed by atoms with E-state index in [-0.39, 0.29) is 18.1 Å². The van der Waals surface area contributed by atoms with E-state index in [0.29, 0.717) is 18.4 Å². The number of amides is 1. The van der Waals surface area contributed by atoms with E-state index in [1.807, 2.05) is 12.1 Å². The van der Waals surface area contributed by atoms with Crippen molar-refractivity contribution in [3.8, 4) is 0 Å². The van der Waals surface area contributed by atoms with Gasteiger partial charge in [-0.25, -0.2) is 4.79 Å². The van der Waals surface area contributed by atoms with Gasteiger partial charge in [0.2, 0.25) is 5.91 Å². The topological polar surface area (TPSA) is 99.3 Å². The van der Waals surface area contributed by atoms with Crippen molar-refractivity contribution in [1.82, 2.24) is 10.3 Å². The Kier molecular flexibility index (Phi) is 8.90. The molecule has 0 bridgehead atoms. The molecule has 6 nitrogen and oxygen atoms in total. The number of Topliss-reactive ketones (excluding diaryl/α,β-unsaturated/α-hetero) is 1. The molecule has 1 aromatic heterocycles. The van der Waals surface area contributed by atoms with Crippen molar-refractivity contribution >= 4 is 28.6 Å². The molecule has 1 heterocycles. The number of carbonyl (C=O) groups excluding carboxylic acids is 2. The molecule has 1 amide bonds. The van der Waals surface area contributed by atoms with Crippen molar-refractivity contribution < 1.29 is 19.5 Å². The molecule has 0 saturated heterocycles. The highest BCUT2D eigenvalue weighted by Crippen LogP contribution is 2.22. The lowest BCUT2D eigenvalue weighted by Gasteiger charge is -2.14. The summed E-state index contributed by atoms with van der Waals surface area (Å²) in [4.78, 5) is 39.3. The van der Waals surface area contributed by atoms with E-state index in [4.69, 9.17) is 0 Å². The molecule has 0 aliphatic carbocycles. The molecule has 2 aromatic rings. The zero-order valence-corrected chi connectivity index (χ0v) is 17.4. The predicted molar refractivity (Wildman–Crippen MR) is 114 cm³/mol. The molecule has 0 aliphatic heterocycles. The molecule has 0 fully saturated rings. The third-order valence-electron chi connectivity index (χ3n) is 5.16. The summed E-state index contributed by atoms with van der Waals surface area (Å²) in [5.74, 6) is -1.20. The van der Waals surface area contributed by atoms with Gasteiger partial charge in [-0.1, -0.05) is 39.5 Å². The minimum atomic E-state index is -1.06. The monoisotopic (exact) mass is 400 g/mol. The zero-order valence-electron chi connectivity index (χ0n) is 17.4. The fourth-order valence-electron chi connectivity index (χ4n) is 3.42. The fraction of sp³-hybridized carbons (Fsp3) is 0.522. The summed E-state index contributed by atoms with van der Waals surface area (Å²) in [5.41, 5.74) is 2.28. The summed E-state index contributed by atoms with van der Waals surface area (Å²) in [6, 6.07) is 4.50. The smallest absolute Gasteiger partial charge is 0.326 e. The molecule has 29 heavy (non-hydrogen) atoms. The second kappa shape index (κ2) is 11.4. The van der Waals surface area contributed by atoms with E-state index >= 15 is 0 Å². The van der Waals surface area contributed by atoms with Gasteiger partial charge in [0.15, 0.2) is 5.78 Å². The van der Waals surface area contributed by atoms with Gasteiger partial charge >= 0.3 is 5.97 Å². The average Bonchev–Trinajstić information content (AvgIpc) is 3.09. The maximum Gasteiger partial charge on any atom is 0.326 e. The number of carboxylic acids is 1. The Balaban J connectivity index is 2.12. The largest absolute Gasteiger partial charge is 0.480 e. The molecule has 1 atom stereocenters. The molecule has 0 unspecified atom stereocenters. The maximum absolute atomic E-state index is 12.4. The Bertz CT molecular complexity index is 841. The number of ketones is 1. The lowest BCUT2D eigenvalue weighted by atomic mass is 10.00. The first-order valence-corrected chi connectivity index (χ1v) is 10.6. The first-order valence-electron chi connectivity index (χ1n) is 10.6. The Labute approximate surface area is 172 Å². The van der Waals surface area contributed by atoms with Gasteiger partial charge in [0.1, 0.15) is 6.04 Å². The van der Waals surface area contributed by atoms with Crippen molar-refractivity contribution in [3.05, 3.63) is 35.5 Å². The number of benzene rings is 1. The van der Waals surface area contributed by atoms with Crippen LogP contribution in [0.25, 0.3) is 10.9 Å². The number of aromatic amines is 1. The van der Waals surface area contributed by atoms with Crippen LogP contribution in [0.3, 0.4) is 0 Å². The fourth-order valence-corrected chi connectivity index (χ4v) is 3.42. The van der Waals surface area contributed by atoms with Crippen LogP contribution in [0.5, 0.6) is 0 Å². The van der Waals surface area contributed by atoms with Crippen LogP contribution >= 0.6 is 0 Å². The summed E-state index contributed by atoms with van der Waals surface area (Å²) in [7, 11) is 0. The van der Waals surface area contributed by atoms with Gasteiger partial charge < -0.3 is 15.4 Å². The van der Waals surface area contributed by atoms with Crippen LogP contribution in [0.1, 0.15) is 81.1 Å². The average molecular weight is 401 g/mol. The second-order valence-corrected chi connectivity index (χ2v) is 7.57. The van der Waals surface area contributed by atoms with E-state index < -0.39 is 12.0 Å². The highest BCUT2D eigenvalue weighted by Gasteiger charge is 2.22. The molecule has 3 N–H and O–H groups in total. The summed E-state index contributed by atoms with van der Waals surface area (Å²) in [6.07, 6.45) is 8.46. The summed E-state index contributed by atoms with van der Waals surface area (Å²) in [5, 5.41) is 13.0. The van der Waals surface area contributed by atoms with Gasteiger partial charge in [-0.15, -0.1) is 0 Å². The van der Waals surface area contributed by atoms with Crippen LogP contribution in [-0.2, 0) is 16.0 Å². The first-order chi connectivity index (χ1) is 14.0. The zero-order chi connectivity index (χ0) is 21.2. The van der Waals surface area contributed by atoms with Crippen molar-refractivity contribution in [2.75, 3.05) is 0 Å². The van der Waals surface area contributed by atoms with Crippen molar-refractivity contribution in [3.63, 3.8) is 0 Å². The molecule has 6 heteroatoms. The lowest BCUT2D eigenvalue weighted by Crippen LogP contribution is -2.42. The molecule has 2 rings (SSSR count). The lowest BCUT2D eigenvalue weighted by molar-refractivity contribution is -0.141. The number of unbranched alkanes of at least 4 members (excludes halogenated alkanes) is 4. The number of aliphatic carboxylic acids is 1. The van der Waals surface area contributed by atoms with E-state index in [2.05, 4.69) is 24.1 Å². The molecule has 0 saturated carbocycles. The number of hydrogen-bond donors (Lipinski definition) is 3. The quantitative estimate of drug-likeness (QED) is 0.337. The molecular formula is C23H32N2O4. The Morgan fingerprint density at radius 1 is 1.03 bits per heavy atom. The number of H-pyrrole nitrogens is 1. The van der Waals surface area contributed by atoms with Crippen LogP contribution in [0.2, 0.25) is 0 Å². The normalized spacial score (nSPS) is 12.1. The minimum absolute atomic E-state index is 0.103. The number of hydrogen-bond acceptors (Lipinski definition) is 3. The number of nitrogens with one attached hydrogen (secondary N) is 2. The summed E-state index contributed by atoms with van der Waals surface area (Å²) in [6.45, 7) is 4.15. The minimum Gasteiger partial charge on any atom is -0.480 e. The third-order valence-corrected chi connectivity index (χ3v) is 5.16. The highest BCUT2D eigenvalue weighted by molar-refractivity contribution is 6.00. The third kappa shape index (κ3) is 6.73. The van der Waals surface area contributed by atoms with Gasteiger partial charge in [0.05, 0.1) is 0 Å². The van der Waals surface area contributed by atoms with Gasteiger partial charge in [-0.05, 0) is 36.6 Å². The Hall–Kier alpha value is -2.63. The van der Waals surface area contributed by atoms with Gasteiger partial charge in [0, 0.05) is 41.9 Å². The molecule has 0 radical (unpaired) electrons.